The van der Waals surface area contributed by atoms with Crippen molar-refractivity contribution in [2.45, 2.75) is 0 Å². The summed E-state index contributed by atoms with van der Waals surface area (Å²) in [5.74, 6) is 0. The molecule has 60 valence electrons. The second kappa shape index (κ2) is 3.16. The van der Waals surface area contributed by atoms with E-state index < -0.39 is 0 Å². The zero-order chi connectivity index (χ0) is 8.39. The van der Waals surface area contributed by atoms with Gasteiger partial charge in [0.2, 0.25) is 5.28 Å². The lowest BCUT2D eigenvalue weighted by atomic mass is 10.4. The van der Waals surface area contributed by atoms with E-state index in [1.807, 2.05) is 0 Å². The summed E-state index contributed by atoms with van der Waals surface area (Å²) in [6.07, 6.45) is 3.38. The summed E-state index contributed by atoms with van der Waals surface area (Å²) in [6.45, 7) is 0. The summed E-state index contributed by atoms with van der Waals surface area (Å²) in [7, 11) is 0. The van der Waals surface area contributed by atoms with Crippen molar-refractivity contribution in [1.82, 2.24) is 15.0 Å². The SMILES string of the molecule is Clc1nccc(-c2cncs2)n1. The zero-order valence-electron chi connectivity index (χ0n) is 5.94. The Bertz CT molecular complexity index is 374. The van der Waals surface area contributed by atoms with Crippen LogP contribution in [0.15, 0.2) is 24.0 Å². The van der Waals surface area contributed by atoms with Gasteiger partial charge < -0.3 is 0 Å². The first kappa shape index (κ1) is 7.64. The van der Waals surface area contributed by atoms with Gasteiger partial charge in [0, 0.05) is 12.4 Å². The Morgan fingerprint density at radius 1 is 1.42 bits per heavy atom. The second-order valence-electron chi connectivity index (χ2n) is 2.08. The molecule has 0 atom stereocenters. The van der Waals surface area contributed by atoms with E-state index in [4.69, 9.17) is 11.6 Å². The Balaban J connectivity index is 2.48. The standard InChI is InChI=1S/C7H4ClN3S/c8-7-10-2-1-5(11-7)6-3-9-4-12-6/h1-4H. The summed E-state index contributed by atoms with van der Waals surface area (Å²) < 4.78 is 0. The maximum Gasteiger partial charge on any atom is 0.222 e. The number of nitrogens with zero attached hydrogens (tertiary/aromatic N) is 3. The van der Waals surface area contributed by atoms with Gasteiger partial charge >= 0.3 is 0 Å². The molecule has 2 aromatic rings. The number of thiazole rings is 1. The van der Waals surface area contributed by atoms with Crippen LogP contribution in [0, 0.1) is 0 Å². The molecule has 2 rings (SSSR count). The van der Waals surface area contributed by atoms with Crippen LogP contribution in [-0.4, -0.2) is 15.0 Å². The quantitative estimate of drug-likeness (QED) is 0.659. The van der Waals surface area contributed by atoms with E-state index in [9.17, 15) is 0 Å². The van der Waals surface area contributed by atoms with E-state index in [-0.39, 0.29) is 5.28 Å². The smallest absolute Gasteiger partial charge is 0.222 e. The highest BCUT2D eigenvalue weighted by Gasteiger charge is 2.00. The van der Waals surface area contributed by atoms with Crippen molar-refractivity contribution in [3.63, 3.8) is 0 Å². The van der Waals surface area contributed by atoms with Crippen molar-refractivity contribution in [3.8, 4) is 10.6 Å². The van der Waals surface area contributed by atoms with Gasteiger partial charge in [0.25, 0.3) is 0 Å². The number of hydrogen-bond acceptors (Lipinski definition) is 4. The van der Waals surface area contributed by atoms with Gasteiger partial charge in [-0.1, -0.05) is 0 Å². The van der Waals surface area contributed by atoms with E-state index in [1.165, 1.54) is 11.3 Å². The number of halogens is 1. The van der Waals surface area contributed by atoms with Crippen molar-refractivity contribution in [1.29, 1.82) is 0 Å². The van der Waals surface area contributed by atoms with Gasteiger partial charge in [0.05, 0.1) is 16.1 Å². The predicted octanol–water partition coefficient (Wildman–Crippen LogP) is 2.25. The molecule has 0 spiro atoms. The van der Waals surface area contributed by atoms with E-state index >= 15 is 0 Å². The fraction of sp³-hybridized carbons (Fsp3) is 0. The molecule has 0 aromatic carbocycles. The van der Waals surface area contributed by atoms with E-state index in [0.29, 0.717) is 0 Å². The van der Waals surface area contributed by atoms with Crippen LogP contribution in [0.3, 0.4) is 0 Å². The van der Waals surface area contributed by atoms with Crippen LogP contribution in [0.25, 0.3) is 10.6 Å². The Hall–Kier alpha value is -1.00. The third-order valence-electron chi connectivity index (χ3n) is 1.31. The minimum absolute atomic E-state index is 0.265. The van der Waals surface area contributed by atoms with Crippen molar-refractivity contribution in [2.75, 3.05) is 0 Å². The fourth-order valence-corrected chi connectivity index (χ4v) is 1.55. The van der Waals surface area contributed by atoms with Crippen LogP contribution in [0.4, 0.5) is 0 Å². The van der Waals surface area contributed by atoms with Crippen molar-refractivity contribution < 1.29 is 0 Å². The van der Waals surface area contributed by atoms with Crippen LogP contribution in [-0.2, 0) is 0 Å². The molecule has 2 heterocycles. The molecule has 0 unspecified atom stereocenters. The largest absolute Gasteiger partial charge is 0.252 e. The fourth-order valence-electron chi connectivity index (χ4n) is 0.814. The van der Waals surface area contributed by atoms with Gasteiger partial charge in [-0.15, -0.1) is 11.3 Å². The molecule has 0 amide bonds. The van der Waals surface area contributed by atoms with Crippen molar-refractivity contribution in [2.24, 2.45) is 0 Å². The lowest BCUT2D eigenvalue weighted by Gasteiger charge is -1.93. The topological polar surface area (TPSA) is 38.7 Å². The zero-order valence-corrected chi connectivity index (χ0v) is 7.51. The normalized spacial score (nSPS) is 10.1. The minimum Gasteiger partial charge on any atom is -0.252 e. The molecule has 12 heavy (non-hydrogen) atoms. The molecule has 0 aliphatic carbocycles. The molecule has 0 aliphatic heterocycles. The molecule has 0 fully saturated rings. The lowest BCUT2D eigenvalue weighted by Crippen LogP contribution is -1.83. The summed E-state index contributed by atoms with van der Waals surface area (Å²) in [6, 6.07) is 1.80. The molecule has 0 N–H and O–H groups in total. The number of hydrogen-bond donors (Lipinski definition) is 0. The van der Waals surface area contributed by atoms with E-state index in [0.717, 1.165) is 10.6 Å². The highest BCUT2D eigenvalue weighted by atomic mass is 35.5. The van der Waals surface area contributed by atoms with Gasteiger partial charge in [0.1, 0.15) is 0 Å². The van der Waals surface area contributed by atoms with Gasteiger partial charge in [-0.25, -0.2) is 9.97 Å². The molecule has 0 saturated heterocycles. The third kappa shape index (κ3) is 1.44. The molecule has 0 aliphatic rings. The van der Waals surface area contributed by atoms with Crippen molar-refractivity contribution in [3.05, 3.63) is 29.3 Å². The summed E-state index contributed by atoms with van der Waals surface area (Å²) >= 11 is 7.15. The van der Waals surface area contributed by atoms with Crippen LogP contribution < -0.4 is 0 Å². The summed E-state index contributed by atoms with van der Waals surface area (Å²) in [5, 5.41) is 0.265. The number of aromatic nitrogens is 3. The average molecular weight is 198 g/mol. The lowest BCUT2D eigenvalue weighted by molar-refractivity contribution is 1.18. The highest BCUT2D eigenvalue weighted by Crippen LogP contribution is 2.20. The van der Waals surface area contributed by atoms with E-state index in [1.54, 1.807) is 24.0 Å². The molecule has 5 heteroatoms. The minimum atomic E-state index is 0.265. The Morgan fingerprint density at radius 2 is 2.33 bits per heavy atom. The van der Waals surface area contributed by atoms with Gasteiger partial charge in [-0.3, -0.25) is 4.98 Å². The molecular formula is C7H4ClN3S. The van der Waals surface area contributed by atoms with Crippen LogP contribution in [0.5, 0.6) is 0 Å². The Kier molecular flexibility index (Phi) is 2.01. The van der Waals surface area contributed by atoms with E-state index in [2.05, 4.69) is 15.0 Å². The molecule has 3 nitrogen and oxygen atoms in total. The third-order valence-corrected chi connectivity index (χ3v) is 2.29. The molecule has 0 radical (unpaired) electrons. The first-order chi connectivity index (χ1) is 5.86. The molecule has 0 saturated carbocycles. The second-order valence-corrected chi connectivity index (χ2v) is 3.30. The molecule has 0 bridgehead atoms. The molecular weight excluding hydrogens is 194 g/mol. The van der Waals surface area contributed by atoms with Crippen LogP contribution in [0.1, 0.15) is 0 Å². The highest BCUT2D eigenvalue weighted by molar-refractivity contribution is 7.13. The Morgan fingerprint density at radius 3 is 3.00 bits per heavy atom. The maximum absolute atomic E-state index is 5.62. The number of rotatable bonds is 1. The van der Waals surface area contributed by atoms with Crippen LogP contribution in [0.2, 0.25) is 5.28 Å². The predicted molar refractivity (Wildman–Crippen MR) is 48.2 cm³/mol. The maximum atomic E-state index is 5.62. The Labute approximate surface area is 78.1 Å². The van der Waals surface area contributed by atoms with Crippen molar-refractivity contribution >= 4 is 22.9 Å². The van der Waals surface area contributed by atoms with Gasteiger partial charge in [-0.05, 0) is 17.7 Å². The van der Waals surface area contributed by atoms with Gasteiger partial charge in [-0.2, -0.15) is 0 Å². The molecule has 2 aromatic heterocycles. The first-order valence-corrected chi connectivity index (χ1v) is 4.49. The summed E-state index contributed by atoms with van der Waals surface area (Å²) in [5.41, 5.74) is 2.57. The van der Waals surface area contributed by atoms with Crippen LogP contribution >= 0.6 is 22.9 Å². The van der Waals surface area contributed by atoms with Gasteiger partial charge in [0.15, 0.2) is 0 Å². The first-order valence-electron chi connectivity index (χ1n) is 3.23. The summed E-state index contributed by atoms with van der Waals surface area (Å²) in [4.78, 5) is 12.8. The monoisotopic (exact) mass is 197 g/mol. The average Bonchev–Trinajstić information content (AvgIpc) is 2.56.